The van der Waals surface area contributed by atoms with Gasteiger partial charge in [-0.1, -0.05) is 18.5 Å². The Morgan fingerprint density at radius 1 is 1.48 bits per heavy atom. The molecule has 6 heteroatoms. The number of hydrogen-bond donors (Lipinski definition) is 0. The van der Waals surface area contributed by atoms with Gasteiger partial charge in [0.25, 0.3) is 0 Å². The van der Waals surface area contributed by atoms with Gasteiger partial charge >= 0.3 is 5.76 Å². The fourth-order valence-electron chi connectivity index (χ4n) is 2.84. The van der Waals surface area contributed by atoms with Gasteiger partial charge in [0.15, 0.2) is 5.58 Å². The Hall–Kier alpha value is -1.75. The summed E-state index contributed by atoms with van der Waals surface area (Å²) in [5, 5.41) is 0.500. The molecule has 1 aliphatic heterocycles. The maximum Gasteiger partial charge on any atom is 0.420 e. The fraction of sp³-hybridized carbons (Fsp3) is 0.467. The summed E-state index contributed by atoms with van der Waals surface area (Å²) in [6.07, 6.45) is 2.17. The van der Waals surface area contributed by atoms with Gasteiger partial charge in [0.05, 0.1) is 5.52 Å². The average molecular weight is 309 g/mol. The molecule has 1 aromatic carbocycles. The lowest BCUT2D eigenvalue weighted by Gasteiger charge is -2.30. The number of oxazole rings is 1. The van der Waals surface area contributed by atoms with Crippen molar-refractivity contribution in [3.8, 4) is 0 Å². The van der Waals surface area contributed by atoms with Crippen LogP contribution in [-0.4, -0.2) is 28.5 Å². The predicted octanol–water partition coefficient (Wildman–Crippen LogP) is 2.51. The molecule has 0 unspecified atom stereocenters. The van der Waals surface area contributed by atoms with Gasteiger partial charge in [-0.25, -0.2) is 4.79 Å². The van der Waals surface area contributed by atoms with Crippen molar-refractivity contribution >= 4 is 28.6 Å². The van der Waals surface area contributed by atoms with Crippen LogP contribution in [0.4, 0.5) is 0 Å². The predicted molar refractivity (Wildman–Crippen MR) is 80.5 cm³/mol. The summed E-state index contributed by atoms with van der Waals surface area (Å²) in [5.74, 6) is -0.0497. The first-order valence-corrected chi connectivity index (χ1v) is 7.49. The third kappa shape index (κ3) is 2.83. The number of aromatic nitrogens is 1. The summed E-state index contributed by atoms with van der Waals surface area (Å²) >= 11 is 5.88. The first-order chi connectivity index (χ1) is 10.0. The molecule has 1 amide bonds. The van der Waals surface area contributed by atoms with Crippen LogP contribution in [0.25, 0.3) is 11.1 Å². The first-order valence-electron chi connectivity index (χ1n) is 7.11. The van der Waals surface area contributed by atoms with Crippen LogP contribution in [0.15, 0.2) is 27.4 Å². The van der Waals surface area contributed by atoms with Gasteiger partial charge in [-0.2, -0.15) is 0 Å². The van der Waals surface area contributed by atoms with E-state index in [9.17, 15) is 9.59 Å². The summed E-state index contributed by atoms with van der Waals surface area (Å²) in [4.78, 5) is 26.1. The third-order valence-electron chi connectivity index (χ3n) is 3.93. The number of amides is 1. The normalized spacial score (nSPS) is 19.1. The zero-order chi connectivity index (χ0) is 15.0. The Labute approximate surface area is 127 Å². The van der Waals surface area contributed by atoms with Crippen molar-refractivity contribution in [1.82, 2.24) is 9.47 Å². The molecule has 2 aromatic rings. The van der Waals surface area contributed by atoms with E-state index in [0.717, 1.165) is 25.9 Å². The Bertz CT molecular complexity index is 734. The molecule has 1 fully saturated rings. The molecule has 1 aromatic heterocycles. The molecule has 0 bridgehead atoms. The van der Waals surface area contributed by atoms with Gasteiger partial charge in [0, 0.05) is 24.2 Å². The average Bonchev–Trinajstić information content (AvgIpc) is 2.74. The molecule has 0 aliphatic carbocycles. The minimum Gasteiger partial charge on any atom is -0.408 e. The number of benzene rings is 1. The molecular weight excluding hydrogens is 292 g/mol. The highest BCUT2D eigenvalue weighted by atomic mass is 35.5. The van der Waals surface area contributed by atoms with Crippen LogP contribution in [0.1, 0.15) is 19.8 Å². The van der Waals surface area contributed by atoms with E-state index in [1.54, 1.807) is 18.2 Å². The lowest BCUT2D eigenvalue weighted by Crippen LogP contribution is -2.41. The van der Waals surface area contributed by atoms with E-state index >= 15 is 0 Å². The number of carbonyl (C=O) groups excluding carboxylic acids is 1. The number of likely N-dealkylation sites (tertiary alicyclic amines) is 1. The van der Waals surface area contributed by atoms with Crippen molar-refractivity contribution in [1.29, 1.82) is 0 Å². The monoisotopic (exact) mass is 308 g/mol. The van der Waals surface area contributed by atoms with Gasteiger partial charge in [-0.3, -0.25) is 9.36 Å². The van der Waals surface area contributed by atoms with Gasteiger partial charge in [-0.05, 0) is 30.9 Å². The van der Waals surface area contributed by atoms with Crippen LogP contribution in [0.5, 0.6) is 0 Å². The summed E-state index contributed by atoms with van der Waals surface area (Å²) < 4.78 is 6.51. The highest BCUT2D eigenvalue weighted by Gasteiger charge is 2.22. The summed E-state index contributed by atoms with van der Waals surface area (Å²) in [6, 6.07) is 4.97. The largest absolute Gasteiger partial charge is 0.420 e. The van der Waals surface area contributed by atoms with Crippen molar-refractivity contribution < 1.29 is 9.21 Å². The Morgan fingerprint density at radius 3 is 3.05 bits per heavy atom. The number of nitrogens with zero attached hydrogens (tertiary/aromatic N) is 2. The van der Waals surface area contributed by atoms with Crippen LogP contribution < -0.4 is 5.76 Å². The lowest BCUT2D eigenvalue weighted by molar-refractivity contribution is -0.133. The Morgan fingerprint density at radius 2 is 2.29 bits per heavy atom. The second kappa shape index (κ2) is 5.56. The molecular formula is C15H17ClN2O3. The summed E-state index contributed by atoms with van der Waals surface area (Å²) in [7, 11) is 0. The smallest absolute Gasteiger partial charge is 0.408 e. The minimum atomic E-state index is -0.523. The van der Waals surface area contributed by atoms with E-state index in [0.29, 0.717) is 22.0 Å². The standard InChI is InChI=1S/C15H17ClN2O3/c1-10-3-2-6-17(8-10)14(19)9-18-12-5-4-11(16)7-13(12)21-15(18)20/h4-5,7,10H,2-3,6,8-9H2,1H3/t10-/m0/s1. The van der Waals surface area contributed by atoms with Crippen LogP contribution >= 0.6 is 11.6 Å². The van der Waals surface area contributed by atoms with Gasteiger partial charge in [-0.15, -0.1) is 0 Å². The Kier molecular flexibility index (Phi) is 3.76. The number of piperidine rings is 1. The highest BCUT2D eigenvalue weighted by molar-refractivity contribution is 6.31. The molecule has 2 heterocycles. The maximum absolute atomic E-state index is 12.4. The van der Waals surface area contributed by atoms with E-state index in [4.69, 9.17) is 16.0 Å². The van der Waals surface area contributed by atoms with Crippen molar-refractivity contribution in [2.24, 2.45) is 5.92 Å². The lowest BCUT2D eigenvalue weighted by atomic mass is 10.0. The van der Waals surface area contributed by atoms with Gasteiger partial charge in [0.2, 0.25) is 5.91 Å². The fourth-order valence-corrected chi connectivity index (χ4v) is 3.00. The number of fused-ring (bicyclic) bond motifs is 1. The molecule has 21 heavy (non-hydrogen) atoms. The van der Waals surface area contributed by atoms with Gasteiger partial charge in [0.1, 0.15) is 6.54 Å². The molecule has 5 nitrogen and oxygen atoms in total. The minimum absolute atomic E-state index is 0.0141. The van der Waals surface area contributed by atoms with E-state index < -0.39 is 5.76 Å². The van der Waals surface area contributed by atoms with E-state index in [-0.39, 0.29) is 12.5 Å². The topological polar surface area (TPSA) is 55.5 Å². The van der Waals surface area contributed by atoms with Gasteiger partial charge < -0.3 is 9.32 Å². The molecule has 0 spiro atoms. The van der Waals surface area contributed by atoms with E-state index in [1.807, 2.05) is 4.90 Å². The second-order valence-corrected chi connectivity index (χ2v) is 6.09. The number of hydrogen-bond acceptors (Lipinski definition) is 3. The second-order valence-electron chi connectivity index (χ2n) is 5.65. The SMILES string of the molecule is C[C@H]1CCCN(C(=O)Cn2c(=O)oc3cc(Cl)ccc32)C1. The summed E-state index contributed by atoms with van der Waals surface area (Å²) in [5.41, 5.74) is 1.01. The van der Waals surface area contributed by atoms with E-state index in [1.165, 1.54) is 4.57 Å². The van der Waals surface area contributed by atoms with Crippen LogP contribution in [0.3, 0.4) is 0 Å². The number of rotatable bonds is 2. The number of carbonyl (C=O) groups is 1. The molecule has 0 radical (unpaired) electrons. The maximum atomic E-state index is 12.4. The Balaban J connectivity index is 1.86. The van der Waals surface area contributed by atoms with E-state index in [2.05, 4.69) is 6.92 Å². The van der Waals surface area contributed by atoms with Crippen LogP contribution in [0, 0.1) is 5.92 Å². The van der Waals surface area contributed by atoms with Crippen molar-refractivity contribution in [3.63, 3.8) is 0 Å². The zero-order valence-electron chi connectivity index (χ0n) is 11.8. The number of halogens is 1. The highest BCUT2D eigenvalue weighted by Crippen LogP contribution is 2.19. The quantitative estimate of drug-likeness (QED) is 0.856. The molecule has 0 N–H and O–H groups in total. The van der Waals surface area contributed by atoms with Crippen LogP contribution in [-0.2, 0) is 11.3 Å². The molecule has 1 aliphatic rings. The van der Waals surface area contributed by atoms with Crippen molar-refractivity contribution in [2.75, 3.05) is 13.1 Å². The molecule has 0 saturated carbocycles. The third-order valence-corrected chi connectivity index (χ3v) is 4.17. The van der Waals surface area contributed by atoms with Crippen molar-refractivity contribution in [2.45, 2.75) is 26.3 Å². The molecule has 112 valence electrons. The first kappa shape index (κ1) is 14.2. The van der Waals surface area contributed by atoms with Crippen LogP contribution in [0.2, 0.25) is 5.02 Å². The molecule has 1 atom stereocenters. The van der Waals surface area contributed by atoms with Crippen molar-refractivity contribution in [3.05, 3.63) is 33.8 Å². The molecule has 1 saturated heterocycles. The molecule has 3 rings (SSSR count). The zero-order valence-corrected chi connectivity index (χ0v) is 12.6. The summed E-state index contributed by atoms with van der Waals surface area (Å²) in [6.45, 7) is 3.68.